The summed E-state index contributed by atoms with van der Waals surface area (Å²) < 4.78 is 0. The van der Waals surface area contributed by atoms with Crippen molar-refractivity contribution >= 4 is 35.0 Å². The number of rotatable bonds is 8. The predicted octanol–water partition coefficient (Wildman–Crippen LogP) is 4.26. The zero-order valence-electron chi connectivity index (χ0n) is 19.5. The largest absolute Gasteiger partial charge is 0.394 e. The van der Waals surface area contributed by atoms with Gasteiger partial charge in [-0.3, -0.25) is 14.4 Å². The molecule has 188 valence electrons. The van der Waals surface area contributed by atoms with Crippen LogP contribution in [-0.2, 0) is 16.2 Å². The van der Waals surface area contributed by atoms with E-state index in [4.69, 9.17) is 28.0 Å². The number of amides is 2. The topological polar surface area (TPSA) is 99.1 Å². The number of halogens is 2. The Bertz CT molecular complexity index is 1220. The van der Waals surface area contributed by atoms with Gasteiger partial charge in [0.05, 0.1) is 37.3 Å². The van der Waals surface area contributed by atoms with Crippen LogP contribution in [-0.4, -0.2) is 45.7 Å². The molecule has 36 heavy (non-hydrogen) atoms. The highest BCUT2D eigenvalue weighted by Crippen LogP contribution is 2.44. The third-order valence-electron chi connectivity index (χ3n) is 6.30. The van der Waals surface area contributed by atoms with Gasteiger partial charge in [0.1, 0.15) is 0 Å². The van der Waals surface area contributed by atoms with Crippen LogP contribution in [0.1, 0.15) is 45.9 Å². The molecule has 4 rings (SSSR count). The lowest BCUT2D eigenvalue weighted by atomic mass is 9.78. The first-order valence-corrected chi connectivity index (χ1v) is 12.2. The molecule has 0 saturated carbocycles. The molecular formula is C27H26Cl2N2O5. The van der Waals surface area contributed by atoms with Crippen molar-refractivity contribution in [3.05, 3.63) is 105 Å². The van der Waals surface area contributed by atoms with E-state index in [-0.39, 0.29) is 6.61 Å². The van der Waals surface area contributed by atoms with Crippen molar-refractivity contribution in [2.75, 3.05) is 6.61 Å². The van der Waals surface area contributed by atoms with Crippen LogP contribution in [0.25, 0.3) is 0 Å². The number of hydrogen-bond acceptors (Lipinski definition) is 5. The molecule has 3 aromatic carbocycles. The van der Waals surface area contributed by atoms with Crippen LogP contribution in [0.5, 0.6) is 0 Å². The average Bonchev–Trinajstić information content (AvgIpc) is 2.87. The van der Waals surface area contributed by atoms with Crippen LogP contribution in [0, 0.1) is 0 Å². The Balaban J connectivity index is 1.74. The minimum Gasteiger partial charge on any atom is -0.394 e. The van der Waals surface area contributed by atoms with Gasteiger partial charge >= 0.3 is 0 Å². The third-order valence-corrected chi connectivity index (χ3v) is 6.80. The van der Waals surface area contributed by atoms with Crippen molar-refractivity contribution in [1.29, 1.82) is 0 Å². The van der Waals surface area contributed by atoms with E-state index in [1.807, 2.05) is 0 Å². The van der Waals surface area contributed by atoms with Gasteiger partial charge in [0, 0.05) is 15.6 Å². The maximum absolute atomic E-state index is 13.7. The molecule has 9 heteroatoms. The number of nitrogens with one attached hydrogen (secondary N) is 1. The number of aliphatic hydroxyl groups is 2. The Hall–Kier alpha value is -2.94. The van der Waals surface area contributed by atoms with Gasteiger partial charge in [0.2, 0.25) is 0 Å². The number of nitrogens with zero attached hydrogens (tertiary/aromatic N) is 1. The molecule has 3 N–H and O–H groups in total. The van der Waals surface area contributed by atoms with E-state index in [9.17, 15) is 19.8 Å². The predicted molar refractivity (Wildman–Crippen MR) is 136 cm³/mol. The van der Waals surface area contributed by atoms with E-state index in [2.05, 4.69) is 5.48 Å². The zero-order chi connectivity index (χ0) is 25.8. The number of hydrogen-bond donors (Lipinski definition) is 3. The van der Waals surface area contributed by atoms with E-state index in [1.165, 1.54) is 11.8 Å². The summed E-state index contributed by atoms with van der Waals surface area (Å²) in [5.41, 5.74) is 4.80. The highest BCUT2D eigenvalue weighted by Gasteiger charge is 2.47. The fourth-order valence-electron chi connectivity index (χ4n) is 4.52. The van der Waals surface area contributed by atoms with Gasteiger partial charge in [-0.25, -0.2) is 5.48 Å². The third kappa shape index (κ3) is 5.40. The smallest absolute Gasteiger partial charge is 0.255 e. The summed E-state index contributed by atoms with van der Waals surface area (Å²) in [5, 5.41) is 21.7. The molecule has 0 aliphatic carbocycles. The molecule has 3 aromatic rings. The molecule has 0 fully saturated rings. The number of aliphatic hydroxyl groups excluding tert-OH is 2. The van der Waals surface area contributed by atoms with Gasteiger partial charge in [-0.15, -0.1) is 0 Å². The van der Waals surface area contributed by atoms with Gasteiger partial charge < -0.3 is 15.1 Å². The van der Waals surface area contributed by atoms with Crippen LogP contribution >= 0.6 is 23.2 Å². The van der Waals surface area contributed by atoms with Crippen molar-refractivity contribution in [1.82, 2.24) is 10.4 Å². The second-order valence-electron chi connectivity index (χ2n) is 8.65. The minimum absolute atomic E-state index is 0.110. The Morgan fingerprint density at radius 3 is 2.25 bits per heavy atom. The lowest BCUT2D eigenvalue weighted by Gasteiger charge is -2.45. The molecular weight excluding hydrogens is 503 g/mol. The fraction of sp³-hybridized carbons (Fsp3) is 0.259. The second kappa shape index (κ2) is 11.4. The molecule has 0 aromatic heterocycles. The average molecular weight is 529 g/mol. The first-order chi connectivity index (χ1) is 17.3. The highest BCUT2D eigenvalue weighted by atomic mass is 35.5. The van der Waals surface area contributed by atoms with Gasteiger partial charge in [0.25, 0.3) is 11.8 Å². The van der Waals surface area contributed by atoms with E-state index < -0.39 is 42.5 Å². The standard InChI is InChI=1S/C27H26Cl2N2O5/c1-16(33)23(14-32)31-25(18-8-12-20(29)13-9-18)24(21-4-2-3-5-22(21)27(31)35)26(34)30-36-15-17-6-10-19(28)11-7-17/h2-13,16,23-25,32-33H,14-15H2,1H3,(H,30,34)/t16-,23-,24+,25-/m0/s1. The maximum atomic E-state index is 13.7. The van der Waals surface area contributed by atoms with E-state index in [0.29, 0.717) is 26.7 Å². The van der Waals surface area contributed by atoms with Crippen molar-refractivity contribution in [2.45, 2.75) is 37.6 Å². The van der Waals surface area contributed by atoms with Crippen LogP contribution in [0.2, 0.25) is 10.0 Å². The second-order valence-corrected chi connectivity index (χ2v) is 9.52. The number of carbonyl (C=O) groups is 2. The number of carbonyl (C=O) groups excluding carboxylic acids is 2. The van der Waals surface area contributed by atoms with Crippen LogP contribution in [0.3, 0.4) is 0 Å². The lowest BCUT2D eigenvalue weighted by Crippen LogP contribution is -2.55. The first kappa shape index (κ1) is 26.1. The fourth-order valence-corrected chi connectivity index (χ4v) is 4.77. The Morgan fingerprint density at radius 1 is 1.03 bits per heavy atom. The molecule has 1 heterocycles. The number of hydroxylamine groups is 1. The molecule has 0 unspecified atom stereocenters. The summed E-state index contributed by atoms with van der Waals surface area (Å²) in [6.07, 6.45) is -1.05. The molecule has 0 spiro atoms. The van der Waals surface area contributed by atoms with Crippen LogP contribution in [0.15, 0.2) is 72.8 Å². The Kier molecular flexibility index (Phi) is 8.28. The number of fused-ring (bicyclic) bond motifs is 1. The summed E-state index contributed by atoms with van der Waals surface area (Å²) >= 11 is 12.0. The van der Waals surface area contributed by atoms with E-state index >= 15 is 0 Å². The van der Waals surface area contributed by atoms with Gasteiger partial charge in [-0.05, 0) is 53.9 Å². The summed E-state index contributed by atoms with van der Waals surface area (Å²) in [4.78, 5) is 34.2. The van der Waals surface area contributed by atoms with E-state index in [1.54, 1.807) is 72.8 Å². The van der Waals surface area contributed by atoms with Gasteiger partial charge in [-0.1, -0.05) is 65.7 Å². The van der Waals surface area contributed by atoms with Gasteiger partial charge in [0.15, 0.2) is 0 Å². The molecule has 7 nitrogen and oxygen atoms in total. The highest BCUT2D eigenvalue weighted by molar-refractivity contribution is 6.30. The van der Waals surface area contributed by atoms with Crippen molar-refractivity contribution in [2.24, 2.45) is 0 Å². The van der Waals surface area contributed by atoms with Crippen LogP contribution < -0.4 is 5.48 Å². The molecule has 1 aliphatic rings. The molecule has 0 bridgehead atoms. The lowest BCUT2D eigenvalue weighted by molar-refractivity contribution is -0.138. The summed E-state index contributed by atoms with van der Waals surface area (Å²) in [6, 6.07) is 18.9. The van der Waals surface area contributed by atoms with Crippen molar-refractivity contribution in [3.63, 3.8) is 0 Å². The van der Waals surface area contributed by atoms with Crippen LogP contribution in [0.4, 0.5) is 0 Å². The minimum atomic E-state index is -1.05. The normalized spacial score (nSPS) is 18.9. The van der Waals surface area contributed by atoms with Crippen molar-refractivity contribution < 1.29 is 24.6 Å². The molecule has 4 atom stereocenters. The molecule has 0 saturated heterocycles. The molecule has 0 radical (unpaired) electrons. The Labute approximate surface area is 219 Å². The quantitative estimate of drug-likeness (QED) is 0.379. The monoisotopic (exact) mass is 528 g/mol. The zero-order valence-corrected chi connectivity index (χ0v) is 21.0. The molecule has 1 aliphatic heterocycles. The summed E-state index contributed by atoms with van der Waals surface area (Å²) in [6.45, 7) is 1.12. The maximum Gasteiger partial charge on any atom is 0.255 e. The van der Waals surface area contributed by atoms with Crippen molar-refractivity contribution in [3.8, 4) is 0 Å². The van der Waals surface area contributed by atoms with E-state index in [0.717, 1.165) is 5.56 Å². The number of benzene rings is 3. The Morgan fingerprint density at radius 2 is 1.64 bits per heavy atom. The summed E-state index contributed by atoms with van der Waals surface area (Å²) in [7, 11) is 0. The van der Waals surface area contributed by atoms with Gasteiger partial charge in [-0.2, -0.15) is 0 Å². The first-order valence-electron chi connectivity index (χ1n) is 11.4. The molecule has 2 amide bonds. The summed E-state index contributed by atoms with van der Waals surface area (Å²) in [5.74, 6) is -1.76. The SMILES string of the molecule is C[C@H](O)[C@H](CO)N1C(=O)c2ccccc2[C@@H](C(=O)NOCc2ccc(Cl)cc2)[C@@H]1c1ccc(Cl)cc1.